The Hall–Kier alpha value is 0.190. The second-order valence-corrected chi connectivity index (χ2v) is 6.42. The summed E-state index contributed by atoms with van der Waals surface area (Å²) >= 11 is 11.6. The molecule has 94 valence electrons. The van der Waals surface area contributed by atoms with E-state index in [1.54, 1.807) is 0 Å². The molecule has 0 aromatic heterocycles. The lowest BCUT2D eigenvalue weighted by molar-refractivity contribution is 0.0952. The number of halogens is 3. The van der Waals surface area contributed by atoms with Crippen LogP contribution in [0.1, 0.15) is 30.1 Å². The zero-order valence-corrected chi connectivity index (χ0v) is 14.0. The summed E-state index contributed by atoms with van der Waals surface area (Å²) in [5.41, 5.74) is 0.681. The molecule has 5 heteroatoms. The van der Waals surface area contributed by atoms with Crippen LogP contribution in [0.15, 0.2) is 22.7 Å². The van der Waals surface area contributed by atoms with Gasteiger partial charge in [0.2, 0.25) is 0 Å². The summed E-state index contributed by atoms with van der Waals surface area (Å²) in [5, 5.41) is 2.86. The Morgan fingerprint density at radius 2 is 2.29 bits per heavy atom. The molecular formula is C12H14BrClINO. The summed E-state index contributed by atoms with van der Waals surface area (Å²) < 4.78 is 1.84. The number of nitrogens with one attached hydrogen (secondary N) is 1. The van der Waals surface area contributed by atoms with Crippen LogP contribution in [-0.4, -0.2) is 17.8 Å². The van der Waals surface area contributed by atoms with Crippen LogP contribution in [0.3, 0.4) is 0 Å². The molecule has 0 fully saturated rings. The van der Waals surface area contributed by atoms with E-state index in [0.29, 0.717) is 12.1 Å². The largest absolute Gasteiger partial charge is 0.351 e. The van der Waals surface area contributed by atoms with Crippen LogP contribution in [0.4, 0.5) is 0 Å². The maximum Gasteiger partial charge on any atom is 0.252 e. The van der Waals surface area contributed by atoms with Gasteiger partial charge in [0.25, 0.3) is 5.91 Å². The van der Waals surface area contributed by atoms with Crippen LogP contribution in [0.2, 0.25) is 0 Å². The van der Waals surface area contributed by atoms with Crippen molar-refractivity contribution in [3.63, 3.8) is 0 Å². The van der Waals surface area contributed by atoms with Crippen LogP contribution >= 0.6 is 50.1 Å². The first-order valence-electron chi connectivity index (χ1n) is 5.42. The molecule has 2 nitrogen and oxygen atoms in total. The SMILES string of the molecule is CCCC(Cl)CNC(=O)c1cc(Br)ccc1I. The predicted molar refractivity (Wildman–Crippen MR) is 83.7 cm³/mol. The lowest BCUT2D eigenvalue weighted by Crippen LogP contribution is -2.30. The van der Waals surface area contributed by atoms with E-state index in [9.17, 15) is 4.79 Å². The number of rotatable bonds is 5. The Bertz CT molecular complexity index is 400. The first-order valence-corrected chi connectivity index (χ1v) is 7.72. The molecule has 1 atom stereocenters. The number of carbonyl (C=O) groups is 1. The molecule has 0 aliphatic rings. The van der Waals surface area contributed by atoms with Gasteiger partial charge in [-0.3, -0.25) is 4.79 Å². The van der Waals surface area contributed by atoms with E-state index in [2.05, 4.69) is 50.8 Å². The molecule has 1 unspecified atom stereocenters. The molecule has 0 heterocycles. The standard InChI is InChI=1S/C12H14BrClINO/c1-2-3-9(14)7-16-12(17)10-6-8(13)4-5-11(10)15/h4-6,9H,2-3,7H2,1H3,(H,16,17). The summed E-state index contributed by atoms with van der Waals surface area (Å²) in [6.07, 6.45) is 1.94. The topological polar surface area (TPSA) is 29.1 Å². The van der Waals surface area contributed by atoms with Crippen LogP contribution in [0, 0.1) is 3.57 Å². The zero-order valence-electron chi connectivity index (χ0n) is 9.47. The molecule has 0 radical (unpaired) electrons. The average Bonchev–Trinajstić information content (AvgIpc) is 2.29. The fraction of sp³-hybridized carbons (Fsp3) is 0.417. The summed E-state index contributed by atoms with van der Waals surface area (Å²) in [6, 6.07) is 5.64. The van der Waals surface area contributed by atoms with E-state index in [-0.39, 0.29) is 11.3 Å². The highest BCUT2D eigenvalue weighted by molar-refractivity contribution is 14.1. The van der Waals surface area contributed by atoms with Crippen molar-refractivity contribution >= 4 is 56.0 Å². The minimum Gasteiger partial charge on any atom is -0.351 e. The van der Waals surface area contributed by atoms with Crippen molar-refractivity contribution in [1.82, 2.24) is 5.32 Å². The number of carbonyl (C=O) groups excluding carboxylic acids is 1. The molecule has 17 heavy (non-hydrogen) atoms. The third-order valence-corrected chi connectivity index (χ3v) is 4.07. The molecule has 0 spiro atoms. The molecule has 1 N–H and O–H groups in total. The zero-order chi connectivity index (χ0) is 12.8. The number of hydrogen-bond acceptors (Lipinski definition) is 1. The molecule has 0 saturated carbocycles. The average molecular weight is 431 g/mol. The Labute approximate surface area is 129 Å². The Kier molecular flexibility index (Phi) is 6.80. The number of hydrogen-bond donors (Lipinski definition) is 1. The first kappa shape index (κ1) is 15.2. The van der Waals surface area contributed by atoms with Gasteiger partial charge in [0.1, 0.15) is 0 Å². The minimum absolute atomic E-state index is 0.00811. The minimum atomic E-state index is -0.0718. The van der Waals surface area contributed by atoms with Crippen molar-refractivity contribution in [3.05, 3.63) is 31.8 Å². The Morgan fingerprint density at radius 1 is 1.59 bits per heavy atom. The van der Waals surface area contributed by atoms with Gasteiger partial charge in [-0.2, -0.15) is 0 Å². The van der Waals surface area contributed by atoms with Crippen molar-refractivity contribution in [2.24, 2.45) is 0 Å². The smallest absolute Gasteiger partial charge is 0.252 e. The molecule has 0 aliphatic carbocycles. The van der Waals surface area contributed by atoms with Gasteiger partial charge >= 0.3 is 0 Å². The van der Waals surface area contributed by atoms with E-state index in [1.807, 2.05) is 18.2 Å². The van der Waals surface area contributed by atoms with Crippen LogP contribution in [0.5, 0.6) is 0 Å². The lowest BCUT2D eigenvalue weighted by atomic mass is 10.2. The summed E-state index contributed by atoms with van der Waals surface area (Å²) in [7, 11) is 0. The van der Waals surface area contributed by atoms with Crippen molar-refractivity contribution in [3.8, 4) is 0 Å². The van der Waals surface area contributed by atoms with Gasteiger partial charge in [-0.1, -0.05) is 29.3 Å². The highest BCUT2D eigenvalue weighted by Crippen LogP contribution is 2.18. The van der Waals surface area contributed by atoms with E-state index >= 15 is 0 Å². The van der Waals surface area contributed by atoms with E-state index in [0.717, 1.165) is 20.9 Å². The summed E-state index contributed by atoms with van der Waals surface area (Å²) in [6.45, 7) is 2.59. The molecular weight excluding hydrogens is 416 g/mol. The number of alkyl halides is 1. The fourth-order valence-corrected chi connectivity index (χ4v) is 2.62. The number of amides is 1. The second-order valence-electron chi connectivity index (χ2n) is 3.72. The van der Waals surface area contributed by atoms with Gasteiger partial charge in [0.05, 0.1) is 10.9 Å². The van der Waals surface area contributed by atoms with Gasteiger partial charge in [-0.05, 0) is 47.2 Å². The Morgan fingerprint density at radius 3 is 2.94 bits per heavy atom. The highest BCUT2D eigenvalue weighted by atomic mass is 127. The molecule has 1 amide bonds. The van der Waals surface area contributed by atoms with Crippen molar-refractivity contribution in [2.45, 2.75) is 25.1 Å². The third-order valence-electron chi connectivity index (χ3n) is 2.26. The molecule has 0 saturated heterocycles. The van der Waals surface area contributed by atoms with Gasteiger partial charge in [-0.25, -0.2) is 0 Å². The van der Waals surface area contributed by atoms with Crippen LogP contribution in [0.25, 0.3) is 0 Å². The molecule has 1 rings (SSSR count). The van der Waals surface area contributed by atoms with Crippen LogP contribution in [-0.2, 0) is 0 Å². The molecule has 0 bridgehead atoms. The third kappa shape index (κ3) is 5.14. The van der Waals surface area contributed by atoms with Gasteiger partial charge in [0, 0.05) is 14.6 Å². The summed E-state index contributed by atoms with van der Waals surface area (Å²) in [4.78, 5) is 11.9. The van der Waals surface area contributed by atoms with Crippen molar-refractivity contribution in [1.29, 1.82) is 0 Å². The van der Waals surface area contributed by atoms with Gasteiger partial charge < -0.3 is 5.32 Å². The number of benzene rings is 1. The second kappa shape index (κ2) is 7.59. The van der Waals surface area contributed by atoms with Crippen LogP contribution < -0.4 is 5.32 Å². The van der Waals surface area contributed by atoms with Crippen molar-refractivity contribution < 1.29 is 4.79 Å². The van der Waals surface area contributed by atoms with Crippen molar-refractivity contribution in [2.75, 3.05) is 6.54 Å². The quantitative estimate of drug-likeness (QED) is 0.551. The van der Waals surface area contributed by atoms with Gasteiger partial charge in [0.15, 0.2) is 0 Å². The molecule has 1 aromatic carbocycles. The first-order chi connectivity index (χ1) is 8.04. The van der Waals surface area contributed by atoms with E-state index in [4.69, 9.17) is 11.6 Å². The fourth-order valence-electron chi connectivity index (χ4n) is 1.39. The normalized spacial score (nSPS) is 12.2. The summed E-state index contributed by atoms with van der Waals surface area (Å²) in [5.74, 6) is -0.0718. The molecule has 1 aromatic rings. The monoisotopic (exact) mass is 429 g/mol. The highest BCUT2D eigenvalue weighted by Gasteiger charge is 2.11. The van der Waals surface area contributed by atoms with Gasteiger partial charge in [-0.15, -0.1) is 11.6 Å². The van der Waals surface area contributed by atoms with E-state index in [1.165, 1.54) is 0 Å². The van der Waals surface area contributed by atoms with E-state index < -0.39 is 0 Å². The Balaban J connectivity index is 2.61. The predicted octanol–water partition coefficient (Wildman–Crippen LogP) is 4.19. The lowest BCUT2D eigenvalue weighted by Gasteiger charge is -2.10. The maximum atomic E-state index is 11.9. The molecule has 0 aliphatic heterocycles. The maximum absolute atomic E-state index is 11.9.